The molecule has 0 aliphatic carbocycles. The first-order valence-corrected chi connectivity index (χ1v) is 9.58. The average molecular weight is 412 g/mol. The molecule has 29 heavy (non-hydrogen) atoms. The topological polar surface area (TPSA) is 26.3 Å². The van der Waals surface area contributed by atoms with Crippen molar-refractivity contribution in [3.05, 3.63) is 87.9 Å². The molecule has 0 atom stereocenters. The molecule has 6 heteroatoms. The maximum Gasteiger partial charge on any atom is 0.416 e. The Morgan fingerprint density at radius 3 is 1.97 bits per heavy atom. The minimum atomic E-state index is -4.41. The highest BCUT2D eigenvalue weighted by molar-refractivity contribution is 7.14. The third-order valence-electron chi connectivity index (χ3n) is 4.69. The second kappa shape index (κ2) is 7.37. The smallest absolute Gasteiger partial charge is 0.416 e. The zero-order valence-corrected chi connectivity index (χ0v) is 16.1. The monoisotopic (exact) mass is 412 g/mol. The molecule has 2 nitrogen and oxygen atoms in total. The van der Waals surface area contributed by atoms with Gasteiger partial charge < -0.3 is 4.74 Å². The minimum Gasteiger partial charge on any atom is -0.497 e. The summed E-state index contributed by atoms with van der Waals surface area (Å²) in [5.74, 6) is 0.693. The van der Waals surface area contributed by atoms with Gasteiger partial charge in [0, 0.05) is 15.8 Å². The first-order valence-electron chi connectivity index (χ1n) is 8.76. The first-order chi connectivity index (χ1) is 13.9. The van der Waals surface area contributed by atoms with Crippen LogP contribution in [-0.4, -0.2) is 7.11 Å². The molecule has 0 saturated heterocycles. The maximum absolute atomic E-state index is 13.0. The Kier molecular flexibility index (Phi) is 4.88. The molecule has 4 rings (SSSR count). The Balaban J connectivity index is 1.99. The van der Waals surface area contributed by atoms with Gasteiger partial charge in [0.2, 0.25) is 4.74 Å². The van der Waals surface area contributed by atoms with Gasteiger partial charge in [-0.2, -0.15) is 13.2 Å². The summed E-state index contributed by atoms with van der Waals surface area (Å²) in [7, 11) is 1.58. The fourth-order valence-corrected chi connectivity index (χ4v) is 4.32. The van der Waals surface area contributed by atoms with Crippen molar-refractivity contribution in [2.45, 2.75) is 6.18 Å². The lowest BCUT2D eigenvalue weighted by Crippen LogP contribution is -2.04. The molecule has 0 bridgehead atoms. The number of benzene rings is 3. The van der Waals surface area contributed by atoms with Gasteiger partial charge in [-0.05, 0) is 46.8 Å². The predicted octanol–water partition coefficient (Wildman–Crippen LogP) is 6.62. The Labute approximate surface area is 168 Å². The van der Waals surface area contributed by atoms with Crippen LogP contribution in [0.15, 0.2) is 77.6 Å². The van der Waals surface area contributed by atoms with E-state index in [0.29, 0.717) is 21.6 Å². The summed E-state index contributed by atoms with van der Waals surface area (Å²) in [6.45, 7) is 0. The fraction of sp³-hybridized carbons (Fsp3) is 0.0870. The fourth-order valence-electron chi connectivity index (χ4n) is 3.26. The van der Waals surface area contributed by atoms with Gasteiger partial charge in [0.15, 0.2) is 0 Å². The van der Waals surface area contributed by atoms with Crippen LogP contribution in [0.4, 0.5) is 13.2 Å². The van der Waals surface area contributed by atoms with Crippen molar-refractivity contribution in [3.8, 4) is 27.3 Å². The van der Waals surface area contributed by atoms with Crippen LogP contribution in [0.5, 0.6) is 5.75 Å². The molecule has 4 aromatic rings. The van der Waals surface area contributed by atoms with E-state index < -0.39 is 11.7 Å². The van der Waals surface area contributed by atoms with Crippen molar-refractivity contribution in [2.75, 3.05) is 7.11 Å². The summed E-state index contributed by atoms with van der Waals surface area (Å²) < 4.78 is 43.9. The van der Waals surface area contributed by atoms with Crippen LogP contribution in [0.2, 0.25) is 0 Å². The lowest BCUT2D eigenvalue weighted by atomic mass is 9.96. The number of hydrogen-bond acceptors (Lipinski definition) is 3. The third kappa shape index (κ3) is 3.63. The molecule has 0 saturated carbocycles. The summed E-state index contributed by atoms with van der Waals surface area (Å²) in [5.41, 5.74) is 1.51. The summed E-state index contributed by atoms with van der Waals surface area (Å²) in [5, 5.41) is 1.34. The number of hydrogen-bond donors (Lipinski definition) is 0. The average Bonchev–Trinajstić information content (AvgIpc) is 2.73. The van der Waals surface area contributed by atoms with E-state index in [1.165, 1.54) is 12.1 Å². The van der Waals surface area contributed by atoms with Gasteiger partial charge >= 0.3 is 6.18 Å². The van der Waals surface area contributed by atoms with Crippen molar-refractivity contribution in [3.63, 3.8) is 0 Å². The number of ether oxygens (including phenoxy) is 1. The summed E-state index contributed by atoms with van der Waals surface area (Å²) in [6.07, 6.45) is -4.41. The molecule has 0 N–H and O–H groups in total. The Hall–Kier alpha value is -3.12. The van der Waals surface area contributed by atoms with Crippen LogP contribution in [0.1, 0.15) is 5.56 Å². The van der Waals surface area contributed by atoms with Gasteiger partial charge in [-0.15, -0.1) is 0 Å². The van der Waals surface area contributed by atoms with E-state index in [1.54, 1.807) is 19.2 Å². The minimum absolute atomic E-state index is 0.132. The van der Waals surface area contributed by atoms with E-state index in [4.69, 9.17) is 4.74 Å². The van der Waals surface area contributed by atoms with E-state index >= 15 is 0 Å². The number of halogens is 3. The van der Waals surface area contributed by atoms with Crippen LogP contribution in [0, 0.1) is 0 Å². The quantitative estimate of drug-likeness (QED) is 0.378. The van der Waals surface area contributed by atoms with Crippen molar-refractivity contribution >= 4 is 22.1 Å². The van der Waals surface area contributed by atoms with Crippen LogP contribution >= 0.6 is 11.3 Å². The summed E-state index contributed by atoms with van der Waals surface area (Å²) >= 11 is 1.04. The van der Waals surface area contributed by atoms with E-state index in [-0.39, 0.29) is 4.74 Å². The number of methoxy groups -OCH3 is 1. The Bertz CT molecular complexity index is 1220. The first kappa shape index (κ1) is 19.2. The zero-order valence-electron chi connectivity index (χ0n) is 15.3. The standard InChI is InChI=1S/C23H15F3O2S/c1-28-17-12-8-14(9-13-17)20-18-4-2-3-5-19(18)22(27)29-21(20)15-6-10-16(11-7-15)23(24,25)26/h2-13H,1H3. The second-order valence-electron chi connectivity index (χ2n) is 6.44. The molecule has 0 aliphatic heterocycles. The van der Waals surface area contributed by atoms with E-state index in [2.05, 4.69) is 0 Å². The number of alkyl halides is 3. The molecule has 1 aromatic heterocycles. The van der Waals surface area contributed by atoms with Gasteiger partial charge in [0.25, 0.3) is 0 Å². The lowest BCUT2D eigenvalue weighted by Gasteiger charge is -2.14. The largest absolute Gasteiger partial charge is 0.497 e. The molecule has 1 heterocycles. The van der Waals surface area contributed by atoms with Crippen LogP contribution in [0.3, 0.4) is 0 Å². The molecular weight excluding hydrogens is 397 g/mol. The van der Waals surface area contributed by atoms with Crippen LogP contribution in [-0.2, 0) is 6.18 Å². The van der Waals surface area contributed by atoms with E-state index in [9.17, 15) is 18.0 Å². The molecule has 0 unspecified atom stereocenters. The molecule has 0 aliphatic rings. The van der Waals surface area contributed by atoms with Crippen molar-refractivity contribution in [1.29, 1.82) is 0 Å². The lowest BCUT2D eigenvalue weighted by molar-refractivity contribution is -0.137. The zero-order chi connectivity index (χ0) is 20.6. The Morgan fingerprint density at radius 2 is 1.38 bits per heavy atom. The van der Waals surface area contributed by atoms with Gasteiger partial charge in [-0.25, -0.2) is 0 Å². The summed E-state index contributed by atoms with van der Waals surface area (Å²) in [6, 6.07) is 19.6. The van der Waals surface area contributed by atoms with E-state index in [1.807, 2.05) is 36.4 Å². The highest BCUT2D eigenvalue weighted by Gasteiger charge is 2.30. The van der Waals surface area contributed by atoms with Crippen LogP contribution < -0.4 is 9.48 Å². The number of rotatable bonds is 3. The van der Waals surface area contributed by atoms with Crippen LogP contribution in [0.25, 0.3) is 32.3 Å². The van der Waals surface area contributed by atoms with E-state index in [0.717, 1.165) is 40.0 Å². The molecule has 0 amide bonds. The van der Waals surface area contributed by atoms with Gasteiger partial charge in [0.1, 0.15) is 5.75 Å². The van der Waals surface area contributed by atoms with Gasteiger partial charge in [-0.1, -0.05) is 53.8 Å². The maximum atomic E-state index is 13.0. The predicted molar refractivity (Wildman–Crippen MR) is 111 cm³/mol. The molecule has 146 valence electrons. The molecule has 0 radical (unpaired) electrons. The van der Waals surface area contributed by atoms with Crippen molar-refractivity contribution < 1.29 is 17.9 Å². The molecular formula is C23H15F3O2S. The summed E-state index contributed by atoms with van der Waals surface area (Å²) in [4.78, 5) is 13.3. The highest BCUT2D eigenvalue weighted by Crippen LogP contribution is 2.40. The van der Waals surface area contributed by atoms with Gasteiger partial charge in [-0.3, -0.25) is 4.79 Å². The molecule has 0 spiro atoms. The second-order valence-corrected chi connectivity index (χ2v) is 7.43. The SMILES string of the molecule is COc1ccc(-c2c(-c3ccc(C(F)(F)F)cc3)sc(=O)c3ccccc23)cc1. The Morgan fingerprint density at radius 1 is 0.793 bits per heavy atom. The van der Waals surface area contributed by atoms with Crippen molar-refractivity contribution in [2.24, 2.45) is 0 Å². The van der Waals surface area contributed by atoms with Gasteiger partial charge in [0.05, 0.1) is 12.7 Å². The van der Waals surface area contributed by atoms with Crippen molar-refractivity contribution in [1.82, 2.24) is 0 Å². The molecule has 0 fully saturated rings. The number of fused-ring (bicyclic) bond motifs is 1. The normalized spacial score (nSPS) is 11.6. The highest BCUT2D eigenvalue weighted by atomic mass is 32.1. The molecule has 3 aromatic carbocycles. The third-order valence-corrected chi connectivity index (χ3v) is 5.74.